The number of hydrogen-bond donors (Lipinski definition) is 1. The smallest absolute Gasteiger partial charge is 0.125 e. The van der Waals surface area contributed by atoms with Crippen molar-refractivity contribution in [2.45, 2.75) is 56.9 Å². The van der Waals surface area contributed by atoms with Crippen molar-refractivity contribution in [1.82, 2.24) is 0 Å². The SMILES string of the molecule is O/N=C\[C@@H]1O[C@H](COCc2ccccc2)[C@@H](OCc2ccccc2)[C@H](OCc2ccccc2)[C@@H]1OCc1ccccc1. The van der Waals surface area contributed by atoms with Gasteiger partial charge in [-0.2, -0.15) is 0 Å². The van der Waals surface area contributed by atoms with E-state index in [0.29, 0.717) is 26.4 Å². The van der Waals surface area contributed by atoms with E-state index >= 15 is 0 Å². The van der Waals surface area contributed by atoms with E-state index in [-0.39, 0.29) is 6.61 Å². The molecule has 0 bridgehead atoms. The van der Waals surface area contributed by atoms with Crippen molar-refractivity contribution < 1.29 is 28.9 Å². The second kappa shape index (κ2) is 16.0. The van der Waals surface area contributed by atoms with Gasteiger partial charge in [0.25, 0.3) is 0 Å². The maximum Gasteiger partial charge on any atom is 0.125 e. The topological polar surface area (TPSA) is 78.7 Å². The first-order valence-electron chi connectivity index (χ1n) is 14.2. The van der Waals surface area contributed by atoms with Crippen LogP contribution in [0, 0.1) is 0 Å². The molecule has 1 saturated heterocycles. The van der Waals surface area contributed by atoms with E-state index in [4.69, 9.17) is 23.7 Å². The van der Waals surface area contributed by atoms with Crippen LogP contribution in [0.3, 0.4) is 0 Å². The number of benzene rings is 4. The van der Waals surface area contributed by atoms with E-state index in [0.717, 1.165) is 22.3 Å². The zero-order chi connectivity index (χ0) is 28.8. The second-order valence-electron chi connectivity index (χ2n) is 10.2. The molecule has 0 saturated carbocycles. The molecule has 4 aromatic rings. The van der Waals surface area contributed by atoms with Gasteiger partial charge in [-0.05, 0) is 22.3 Å². The minimum atomic E-state index is -0.693. The molecule has 7 heteroatoms. The Hall–Kier alpha value is -3.85. The molecule has 0 amide bonds. The Morgan fingerprint density at radius 1 is 0.548 bits per heavy atom. The molecule has 42 heavy (non-hydrogen) atoms. The third-order valence-corrected chi connectivity index (χ3v) is 7.13. The first-order valence-corrected chi connectivity index (χ1v) is 14.2. The maximum atomic E-state index is 9.58. The molecule has 5 atom stereocenters. The Morgan fingerprint density at radius 2 is 0.952 bits per heavy atom. The van der Waals surface area contributed by atoms with Gasteiger partial charge in [-0.3, -0.25) is 0 Å². The van der Waals surface area contributed by atoms with Crippen molar-refractivity contribution in [3.63, 3.8) is 0 Å². The minimum absolute atomic E-state index is 0.251. The molecule has 1 N–H and O–H groups in total. The van der Waals surface area contributed by atoms with Crippen molar-refractivity contribution >= 4 is 6.21 Å². The number of oxime groups is 1. The first kappa shape index (κ1) is 29.6. The largest absolute Gasteiger partial charge is 0.411 e. The van der Waals surface area contributed by atoms with Crippen molar-refractivity contribution in [3.05, 3.63) is 144 Å². The summed E-state index contributed by atoms with van der Waals surface area (Å²) in [7, 11) is 0. The monoisotopic (exact) mass is 567 g/mol. The molecular formula is C35H37NO6. The molecule has 0 aliphatic carbocycles. The van der Waals surface area contributed by atoms with Gasteiger partial charge in [0.05, 0.1) is 39.2 Å². The Labute approximate surface area is 247 Å². The van der Waals surface area contributed by atoms with Crippen LogP contribution in [-0.4, -0.2) is 48.5 Å². The number of ether oxygens (including phenoxy) is 5. The van der Waals surface area contributed by atoms with Crippen LogP contribution in [-0.2, 0) is 50.1 Å². The summed E-state index contributed by atoms with van der Waals surface area (Å²) >= 11 is 0. The summed E-state index contributed by atoms with van der Waals surface area (Å²) in [6.07, 6.45) is -1.56. The summed E-state index contributed by atoms with van der Waals surface area (Å²) in [6, 6.07) is 39.9. The fourth-order valence-corrected chi connectivity index (χ4v) is 5.01. The highest BCUT2D eigenvalue weighted by Crippen LogP contribution is 2.30. The van der Waals surface area contributed by atoms with Gasteiger partial charge in [-0.1, -0.05) is 126 Å². The third kappa shape index (κ3) is 8.58. The Bertz CT molecular complexity index is 1320. The molecular weight excluding hydrogens is 530 g/mol. The van der Waals surface area contributed by atoms with Gasteiger partial charge in [-0.25, -0.2) is 0 Å². The van der Waals surface area contributed by atoms with Crippen molar-refractivity contribution in [1.29, 1.82) is 0 Å². The van der Waals surface area contributed by atoms with Gasteiger partial charge in [-0.15, -0.1) is 0 Å². The highest BCUT2D eigenvalue weighted by atomic mass is 16.6. The lowest BCUT2D eigenvalue weighted by Crippen LogP contribution is -2.61. The standard InChI is InChI=1S/C35H37NO6/c37-36-21-31-33(39-23-28-15-7-2-8-16-28)35(41-25-30-19-11-4-12-20-30)34(40-24-29-17-9-3-10-18-29)32(42-31)26-38-22-27-13-5-1-6-14-27/h1-21,31-35,37H,22-26H2/b36-21-/t31-,32+,33+,34+,35+/m0/s1. The van der Waals surface area contributed by atoms with Gasteiger partial charge in [0, 0.05) is 0 Å². The van der Waals surface area contributed by atoms with E-state index in [2.05, 4.69) is 5.16 Å². The molecule has 0 aromatic heterocycles. The molecule has 1 fully saturated rings. The normalized spacial score (nSPS) is 22.3. The van der Waals surface area contributed by atoms with Crippen molar-refractivity contribution in [2.75, 3.05) is 6.61 Å². The van der Waals surface area contributed by atoms with Crippen LogP contribution in [0.1, 0.15) is 22.3 Å². The highest BCUT2D eigenvalue weighted by Gasteiger charge is 2.48. The maximum absolute atomic E-state index is 9.58. The molecule has 1 heterocycles. The molecule has 218 valence electrons. The van der Waals surface area contributed by atoms with Gasteiger partial charge >= 0.3 is 0 Å². The zero-order valence-electron chi connectivity index (χ0n) is 23.5. The fraction of sp³-hybridized carbons (Fsp3) is 0.286. The van der Waals surface area contributed by atoms with Crippen LogP contribution in [0.4, 0.5) is 0 Å². The van der Waals surface area contributed by atoms with Crippen molar-refractivity contribution in [3.8, 4) is 0 Å². The fourth-order valence-electron chi connectivity index (χ4n) is 5.01. The van der Waals surface area contributed by atoms with Crippen LogP contribution in [0.25, 0.3) is 0 Å². The van der Waals surface area contributed by atoms with Gasteiger partial charge in [0.15, 0.2) is 0 Å². The van der Waals surface area contributed by atoms with E-state index in [1.165, 1.54) is 6.21 Å². The molecule has 0 spiro atoms. The lowest BCUT2D eigenvalue weighted by molar-refractivity contribution is -0.258. The Morgan fingerprint density at radius 3 is 1.40 bits per heavy atom. The van der Waals surface area contributed by atoms with E-state index < -0.39 is 30.5 Å². The molecule has 0 radical (unpaired) electrons. The molecule has 7 nitrogen and oxygen atoms in total. The summed E-state index contributed by atoms with van der Waals surface area (Å²) in [4.78, 5) is 0. The van der Waals surface area contributed by atoms with Crippen molar-refractivity contribution in [2.24, 2.45) is 5.16 Å². The predicted octanol–water partition coefficient (Wildman–Crippen LogP) is 6.19. The summed E-state index contributed by atoms with van der Waals surface area (Å²) in [6.45, 7) is 1.72. The van der Waals surface area contributed by atoms with Gasteiger partial charge in [0.1, 0.15) is 30.5 Å². The average molecular weight is 568 g/mol. The summed E-state index contributed by atoms with van der Waals surface area (Å²) in [5.41, 5.74) is 4.12. The van der Waals surface area contributed by atoms with E-state index in [9.17, 15) is 5.21 Å². The Balaban J connectivity index is 1.41. The predicted molar refractivity (Wildman–Crippen MR) is 160 cm³/mol. The molecule has 0 unspecified atom stereocenters. The number of hydrogen-bond acceptors (Lipinski definition) is 7. The lowest BCUT2D eigenvalue weighted by atomic mass is 9.94. The minimum Gasteiger partial charge on any atom is -0.411 e. The average Bonchev–Trinajstić information content (AvgIpc) is 3.05. The second-order valence-corrected chi connectivity index (χ2v) is 10.2. The summed E-state index contributed by atoms with van der Waals surface area (Å²) < 4.78 is 32.3. The highest BCUT2D eigenvalue weighted by molar-refractivity contribution is 5.63. The summed E-state index contributed by atoms with van der Waals surface area (Å²) in [5.74, 6) is 0. The van der Waals surface area contributed by atoms with Crippen LogP contribution < -0.4 is 0 Å². The summed E-state index contributed by atoms with van der Waals surface area (Å²) in [5, 5.41) is 12.9. The quantitative estimate of drug-likeness (QED) is 0.111. The van der Waals surface area contributed by atoms with Crippen LogP contribution >= 0.6 is 0 Å². The zero-order valence-corrected chi connectivity index (χ0v) is 23.5. The van der Waals surface area contributed by atoms with E-state index in [1.54, 1.807) is 0 Å². The molecule has 4 aromatic carbocycles. The van der Waals surface area contributed by atoms with Gasteiger partial charge < -0.3 is 28.9 Å². The third-order valence-electron chi connectivity index (χ3n) is 7.13. The Kier molecular flexibility index (Phi) is 11.3. The molecule has 1 aliphatic heterocycles. The number of rotatable bonds is 14. The van der Waals surface area contributed by atoms with Crippen LogP contribution in [0.5, 0.6) is 0 Å². The van der Waals surface area contributed by atoms with Crippen LogP contribution in [0.2, 0.25) is 0 Å². The first-order chi connectivity index (χ1) is 20.8. The molecule has 1 aliphatic rings. The molecule has 5 rings (SSSR count). The van der Waals surface area contributed by atoms with Gasteiger partial charge in [0.2, 0.25) is 0 Å². The lowest BCUT2D eigenvalue weighted by Gasteiger charge is -2.45. The van der Waals surface area contributed by atoms with E-state index in [1.807, 2.05) is 121 Å². The number of nitrogens with zero attached hydrogens (tertiary/aromatic N) is 1. The van der Waals surface area contributed by atoms with Crippen LogP contribution in [0.15, 0.2) is 126 Å².